The van der Waals surface area contributed by atoms with E-state index in [1.165, 1.54) is 12.1 Å². The summed E-state index contributed by atoms with van der Waals surface area (Å²) < 4.78 is 39.6. The summed E-state index contributed by atoms with van der Waals surface area (Å²) >= 11 is 0. The van der Waals surface area contributed by atoms with Gasteiger partial charge in [0.25, 0.3) is 0 Å². The van der Waals surface area contributed by atoms with Crippen molar-refractivity contribution in [2.45, 2.75) is 38.1 Å². The van der Waals surface area contributed by atoms with Crippen molar-refractivity contribution in [2.24, 2.45) is 11.7 Å². The quantitative estimate of drug-likeness (QED) is 0.838. The Balaban J connectivity index is 2.76. The maximum atomic E-state index is 13.0. The standard InChI is InChI=1S/C13H21FN2O2S/c1-9(2)6-12(15)8-16-19(17,18)13-5-4-11(14)7-10(13)3/h4-5,7,9,12,16H,6,8,15H2,1-3H3. The van der Waals surface area contributed by atoms with Gasteiger partial charge in [-0.15, -0.1) is 0 Å². The van der Waals surface area contributed by atoms with Gasteiger partial charge in [-0.25, -0.2) is 17.5 Å². The first-order valence-electron chi connectivity index (χ1n) is 6.23. The second kappa shape index (κ2) is 6.45. The van der Waals surface area contributed by atoms with Crippen LogP contribution in [-0.2, 0) is 10.0 Å². The van der Waals surface area contributed by atoms with Gasteiger partial charge in [0.2, 0.25) is 10.0 Å². The lowest BCUT2D eigenvalue weighted by Gasteiger charge is -2.15. The second-order valence-corrected chi connectivity index (χ2v) is 6.89. The van der Waals surface area contributed by atoms with Gasteiger partial charge < -0.3 is 5.73 Å². The zero-order chi connectivity index (χ0) is 14.6. The first-order valence-corrected chi connectivity index (χ1v) is 7.72. The summed E-state index contributed by atoms with van der Waals surface area (Å²) in [5.74, 6) is -0.0416. The SMILES string of the molecule is Cc1cc(F)ccc1S(=O)(=O)NCC(N)CC(C)C. The van der Waals surface area contributed by atoms with Crippen LogP contribution in [0.2, 0.25) is 0 Å². The minimum Gasteiger partial charge on any atom is -0.327 e. The highest BCUT2D eigenvalue weighted by atomic mass is 32.2. The Labute approximate surface area is 114 Å². The minimum absolute atomic E-state index is 0.0886. The molecule has 0 aliphatic rings. The summed E-state index contributed by atoms with van der Waals surface area (Å²) in [6.07, 6.45) is 0.741. The van der Waals surface area contributed by atoms with Gasteiger partial charge in [0.15, 0.2) is 0 Å². The molecule has 0 amide bonds. The van der Waals surface area contributed by atoms with E-state index in [1.807, 2.05) is 13.8 Å². The predicted octanol–water partition coefficient (Wildman–Crippen LogP) is 1.79. The predicted molar refractivity (Wildman–Crippen MR) is 73.8 cm³/mol. The van der Waals surface area contributed by atoms with Crippen molar-refractivity contribution >= 4 is 10.0 Å². The average Bonchev–Trinajstić information content (AvgIpc) is 2.25. The van der Waals surface area contributed by atoms with Gasteiger partial charge in [0.1, 0.15) is 5.82 Å². The Bertz CT molecular complexity index is 529. The van der Waals surface area contributed by atoms with Gasteiger partial charge in [-0.05, 0) is 43.0 Å². The highest BCUT2D eigenvalue weighted by molar-refractivity contribution is 7.89. The Hall–Kier alpha value is -0.980. The smallest absolute Gasteiger partial charge is 0.240 e. The molecule has 0 spiro atoms. The molecule has 0 aliphatic carbocycles. The van der Waals surface area contributed by atoms with E-state index in [0.717, 1.165) is 12.5 Å². The molecular weight excluding hydrogens is 267 g/mol. The lowest BCUT2D eigenvalue weighted by Crippen LogP contribution is -2.38. The van der Waals surface area contributed by atoms with Crippen LogP contribution in [0.25, 0.3) is 0 Å². The Kier molecular flexibility index (Phi) is 5.46. The maximum absolute atomic E-state index is 13.0. The molecule has 0 saturated carbocycles. The van der Waals surface area contributed by atoms with Crippen LogP contribution in [0.5, 0.6) is 0 Å². The number of rotatable bonds is 6. The summed E-state index contributed by atoms with van der Waals surface area (Å²) in [6.45, 7) is 5.79. The molecule has 0 aromatic heterocycles. The van der Waals surface area contributed by atoms with Crippen molar-refractivity contribution in [1.82, 2.24) is 4.72 Å². The lowest BCUT2D eigenvalue weighted by molar-refractivity contribution is 0.485. The Morgan fingerprint density at radius 1 is 1.37 bits per heavy atom. The molecule has 0 heterocycles. The summed E-state index contributed by atoms with van der Waals surface area (Å²) in [5.41, 5.74) is 6.21. The van der Waals surface area contributed by atoms with Gasteiger partial charge in [-0.1, -0.05) is 13.8 Å². The highest BCUT2D eigenvalue weighted by Crippen LogP contribution is 2.16. The van der Waals surface area contributed by atoms with Crippen LogP contribution in [0, 0.1) is 18.7 Å². The van der Waals surface area contributed by atoms with Crippen molar-refractivity contribution in [1.29, 1.82) is 0 Å². The molecule has 0 bridgehead atoms. The largest absolute Gasteiger partial charge is 0.327 e. The topological polar surface area (TPSA) is 72.2 Å². The van der Waals surface area contributed by atoms with E-state index in [1.54, 1.807) is 6.92 Å². The number of sulfonamides is 1. The number of hydrogen-bond donors (Lipinski definition) is 2. The van der Waals surface area contributed by atoms with Crippen LogP contribution < -0.4 is 10.5 Å². The second-order valence-electron chi connectivity index (χ2n) is 5.15. The third kappa shape index (κ3) is 4.89. The van der Waals surface area contributed by atoms with Gasteiger partial charge in [0.05, 0.1) is 4.90 Å². The maximum Gasteiger partial charge on any atom is 0.240 e. The zero-order valence-electron chi connectivity index (χ0n) is 11.5. The van der Waals surface area contributed by atoms with E-state index in [4.69, 9.17) is 5.73 Å². The highest BCUT2D eigenvalue weighted by Gasteiger charge is 2.18. The summed E-state index contributed by atoms with van der Waals surface area (Å²) in [4.78, 5) is 0.0886. The molecule has 0 radical (unpaired) electrons. The molecule has 1 rings (SSSR count). The van der Waals surface area contributed by atoms with Crippen molar-refractivity contribution in [3.63, 3.8) is 0 Å². The van der Waals surface area contributed by atoms with Crippen LogP contribution in [-0.4, -0.2) is 21.0 Å². The molecule has 3 N–H and O–H groups in total. The fourth-order valence-corrected chi connectivity index (χ4v) is 3.22. The van der Waals surface area contributed by atoms with E-state index >= 15 is 0 Å². The molecule has 108 valence electrons. The number of halogens is 1. The molecule has 6 heteroatoms. The van der Waals surface area contributed by atoms with Crippen LogP contribution in [0.1, 0.15) is 25.8 Å². The van der Waals surface area contributed by atoms with Crippen molar-refractivity contribution in [3.8, 4) is 0 Å². The van der Waals surface area contributed by atoms with E-state index in [9.17, 15) is 12.8 Å². The van der Waals surface area contributed by atoms with Gasteiger partial charge in [-0.2, -0.15) is 0 Å². The molecule has 1 aromatic rings. The third-order valence-corrected chi connectivity index (χ3v) is 4.32. The monoisotopic (exact) mass is 288 g/mol. The van der Waals surface area contributed by atoms with Crippen LogP contribution in [0.4, 0.5) is 4.39 Å². The Morgan fingerprint density at radius 3 is 2.53 bits per heavy atom. The molecule has 1 aromatic carbocycles. The van der Waals surface area contributed by atoms with E-state index in [2.05, 4.69) is 4.72 Å². The minimum atomic E-state index is -3.64. The summed E-state index contributed by atoms with van der Waals surface area (Å²) in [6, 6.07) is 3.37. The zero-order valence-corrected chi connectivity index (χ0v) is 12.3. The molecular formula is C13H21FN2O2S. The van der Waals surface area contributed by atoms with Crippen LogP contribution in [0.15, 0.2) is 23.1 Å². The van der Waals surface area contributed by atoms with Gasteiger partial charge in [0, 0.05) is 12.6 Å². The molecule has 1 atom stereocenters. The molecule has 0 fully saturated rings. The van der Waals surface area contributed by atoms with Gasteiger partial charge in [-0.3, -0.25) is 0 Å². The third-order valence-electron chi connectivity index (χ3n) is 2.74. The molecule has 1 unspecified atom stereocenters. The average molecular weight is 288 g/mol. The van der Waals surface area contributed by atoms with E-state index in [0.29, 0.717) is 11.5 Å². The molecule has 0 aliphatic heterocycles. The van der Waals surface area contributed by atoms with Gasteiger partial charge >= 0.3 is 0 Å². The number of nitrogens with one attached hydrogen (secondary N) is 1. The first kappa shape index (κ1) is 16.1. The Morgan fingerprint density at radius 2 is 2.00 bits per heavy atom. The van der Waals surface area contributed by atoms with Crippen LogP contribution >= 0.6 is 0 Å². The first-order chi connectivity index (χ1) is 8.72. The molecule has 4 nitrogen and oxygen atoms in total. The number of hydrogen-bond acceptors (Lipinski definition) is 3. The number of benzene rings is 1. The fourth-order valence-electron chi connectivity index (χ4n) is 1.90. The fraction of sp³-hybridized carbons (Fsp3) is 0.538. The molecule has 0 saturated heterocycles. The van der Waals surface area contributed by atoms with Crippen molar-refractivity contribution in [2.75, 3.05) is 6.54 Å². The lowest BCUT2D eigenvalue weighted by atomic mass is 10.1. The van der Waals surface area contributed by atoms with Crippen molar-refractivity contribution in [3.05, 3.63) is 29.6 Å². The number of nitrogens with two attached hydrogens (primary N) is 1. The summed E-state index contributed by atoms with van der Waals surface area (Å²) in [7, 11) is -3.64. The van der Waals surface area contributed by atoms with E-state index < -0.39 is 15.8 Å². The molecule has 19 heavy (non-hydrogen) atoms. The normalized spacial score (nSPS) is 13.8. The van der Waals surface area contributed by atoms with Crippen LogP contribution in [0.3, 0.4) is 0 Å². The summed E-state index contributed by atoms with van der Waals surface area (Å²) in [5, 5.41) is 0. The number of aryl methyl sites for hydroxylation is 1. The van der Waals surface area contributed by atoms with Crippen molar-refractivity contribution < 1.29 is 12.8 Å². The van der Waals surface area contributed by atoms with E-state index in [-0.39, 0.29) is 17.5 Å².